The molecule has 1 amide bonds. The van der Waals surface area contributed by atoms with Crippen molar-refractivity contribution < 1.29 is 4.79 Å². The molecule has 4 nitrogen and oxygen atoms in total. The highest BCUT2D eigenvalue weighted by Gasteiger charge is 2.23. The largest absolute Gasteiger partial charge is 0.339 e. The third-order valence-corrected chi connectivity index (χ3v) is 5.62. The van der Waals surface area contributed by atoms with Gasteiger partial charge in [-0.15, -0.1) is 12.4 Å². The number of hydrogen-bond acceptors (Lipinski definition) is 3. The van der Waals surface area contributed by atoms with Crippen LogP contribution in [0.4, 0.5) is 0 Å². The minimum atomic E-state index is 0. The first-order valence-electron chi connectivity index (χ1n) is 9.57. The molecule has 0 radical (unpaired) electrons. The van der Waals surface area contributed by atoms with Crippen LogP contribution in [0.5, 0.6) is 0 Å². The van der Waals surface area contributed by atoms with Crippen molar-refractivity contribution in [1.29, 1.82) is 0 Å². The Morgan fingerprint density at radius 2 is 1.68 bits per heavy atom. The minimum absolute atomic E-state index is 0. The van der Waals surface area contributed by atoms with Gasteiger partial charge in [-0.3, -0.25) is 4.79 Å². The highest BCUT2D eigenvalue weighted by molar-refractivity contribution is 5.94. The standard InChI is InChI=1S/C20H31N3O.ClH/c21-16-18-5-7-19(8-6-18)20(24)23-14-9-17(10-15-23)4-3-13-22-11-1-2-12-22;/h5-8,17H,1-4,9-16,21H2;1H. The molecule has 0 bridgehead atoms. The Labute approximate surface area is 158 Å². The molecule has 25 heavy (non-hydrogen) atoms. The van der Waals surface area contributed by atoms with Crippen LogP contribution < -0.4 is 5.73 Å². The van der Waals surface area contributed by atoms with E-state index in [4.69, 9.17) is 5.73 Å². The normalized spacial score (nSPS) is 19.0. The van der Waals surface area contributed by atoms with Crippen LogP contribution in [-0.4, -0.2) is 48.4 Å². The average Bonchev–Trinajstić information content (AvgIpc) is 3.15. The van der Waals surface area contributed by atoms with Gasteiger partial charge in [0.15, 0.2) is 0 Å². The van der Waals surface area contributed by atoms with Crippen LogP contribution in [0.1, 0.15) is 54.4 Å². The molecule has 0 aromatic heterocycles. The Morgan fingerprint density at radius 3 is 2.28 bits per heavy atom. The van der Waals surface area contributed by atoms with Gasteiger partial charge in [0.1, 0.15) is 0 Å². The first kappa shape index (κ1) is 20.2. The lowest BCUT2D eigenvalue weighted by Crippen LogP contribution is -2.38. The van der Waals surface area contributed by atoms with Gasteiger partial charge in [-0.25, -0.2) is 0 Å². The zero-order valence-electron chi connectivity index (χ0n) is 15.2. The number of carbonyl (C=O) groups is 1. The fourth-order valence-electron chi connectivity index (χ4n) is 4.00. The summed E-state index contributed by atoms with van der Waals surface area (Å²) in [5.41, 5.74) is 7.48. The summed E-state index contributed by atoms with van der Waals surface area (Å²) in [5, 5.41) is 0. The van der Waals surface area contributed by atoms with Gasteiger partial charge in [0.2, 0.25) is 0 Å². The molecule has 2 aliphatic heterocycles. The first-order valence-corrected chi connectivity index (χ1v) is 9.57. The van der Waals surface area contributed by atoms with E-state index in [9.17, 15) is 4.79 Å². The van der Waals surface area contributed by atoms with Gasteiger partial charge in [-0.1, -0.05) is 12.1 Å². The molecule has 2 heterocycles. The van der Waals surface area contributed by atoms with E-state index in [-0.39, 0.29) is 18.3 Å². The average molecular weight is 366 g/mol. The lowest BCUT2D eigenvalue weighted by Gasteiger charge is -2.32. The van der Waals surface area contributed by atoms with E-state index < -0.39 is 0 Å². The summed E-state index contributed by atoms with van der Waals surface area (Å²) in [6.07, 6.45) is 7.72. The molecule has 2 N–H and O–H groups in total. The second kappa shape index (κ2) is 10.1. The van der Waals surface area contributed by atoms with Crippen molar-refractivity contribution in [2.24, 2.45) is 11.7 Å². The molecule has 0 atom stereocenters. The summed E-state index contributed by atoms with van der Waals surface area (Å²) in [5.74, 6) is 0.977. The summed E-state index contributed by atoms with van der Waals surface area (Å²) in [7, 11) is 0. The third-order valence-electron chi connectivity index (χ3n) is 5.62. The molecule has 2 aliphatic rings. The zero-order valence-corrected chi connectivity index (χ0v) is 16.0. The summed E-state index contributed by atoms with van der Waals surface area (Å²) < 4.78 is 0. The van der Waals surface area contributed by atoms with Gasteiger partial charge >= 0.3 is 0 Å². The zero-order chi connectivity index (χ0) is 16.8. The van der Waals surface area contributed by atoms with E-state index in [2.05, 4.69) is 4.90 Å². The van der Waals surface area contributed by atoms with Crippen LogP contribution in [0.15, 0.2) is 24.3 Å². The Bertz CT molecular complexity index is 520. The summed E-state index contributed by atoms with van der Waals surface area (Å²) in [4.78, 5) is 17.2. The lowest BCUT2D eigenvalue weighted by atomic mass is 9.91. The second-order valence-corrected chi connectivity index (χ2v) is 7.33. The molecule has 0 spiro atoms. The van der Waals surface area contributed by atoms with Crippen molar-refractivity contribution in [1.82, 2.24) is 9.80 Å². The molecule has 0 unspecified atom stereocenters. The van der Waals surface area contributed by atoms with Crippen LogP contribution in [0.25, 0.3) is 0 Å². The molecule has 2 fully saturated rings. The molecular weight excluding hydrogens is 334 g/mol. The SMILES string of the molecule is Cl.NCc1ccc(C(=O)N2CCC(CCCN3CCCC3)CC2)cc1. The molecule has 3 rings (SSSR count). The van der Waals surface area contributed by atoms with Crippen molar-refractivity contribution in [2.45, 2.75) is 45.1 Å². The van der Waals surface area contributed by atoms with Gasteiger partial charge in [0.05, 0.1) is 0 Å². The smallest absolute Gasteiger partial charge is 0.253 e. The van der Waals surface area contributed by atoms with Crippen LogP contribution in [0.2, 0.25) is 0 Å². The number of benzene rings is 1. The maximum atomic E-state index is 12.6. The molecule has 140 valence electrons. The fraction of sp³-hybridized carbons (Fsp3) is 0.650. The molecule has 5 heteroatoms. The Kier molecular flexibility index (Phi) is 8.20. The third kappa shape index (κ3) is 5.70. The van der Waals surface area contributed by atoms with E-state index in [0.717, 1.165) is 43.0 Å². The maximum absolute atomic E-state index is 12.6. The monoisotopic (exact) mass is 365 g/mol. The molecule has 1 aromatic carbocycles. The van der Waals surface area contributed by atoms with Crippen molar-refractivity contribution in [3.05, 3.63) is 35.4 Å². The molecule has 0 aliphatic carbocycles. The number of halogens is 1. The number of nitrogens with zero attached hydrogens (tertiary/aromatic N) is 2. The summed E-state index contributed by atoms with van der Waals surface area (Å²) in [6, 6.07) is 7.73. The van der Waals surface area contributed by atoms with E-state index in [0.29, 0.717) is 6.54 Å². The fourth-order valence-corrected chi connectivity index (χ4v) is 4.00. The molecular formula is C20H32ClN3O. The van der Waals surface area contributed by atoms with Crippen LogP contribution in [0, 0.1) is 5.92 Å². The predicted molar refractivity (Wildman–Crippen MR) is 105 cm³/mol. The summed E-state index contributed by atoms with van der Waals surface area (Å²) >= 11 is 0. The highest BCUT2D eigenvalue weighted by atomic mass is 35.5. The first-order chi connectivity index (χ1) is 11.8. The van der Waals surface area contributed by atoms with Crippen LogP contribution >= 0.6 is 12.4 Å². The van der Waals surface area contributed by atoms with Gasteiger partial charge in [-0.2, -0.15) is 0 Å². The van der Waals surface area contributed by atoms with E-state index in [1.807, 2.05) is 29.2 Å². The minimum Gasteiger partial charge on any atom is -0.339 e. The number of piperidine rings is 1. The van der Waals surface area contributed by atoms with Gasteiger partial charge in [0, 0.05) is 25.2 Å². The lowest BCUT2D eigenvalue weighted by molar-refractivity contribution is 0.0684. The number of carbonyl (C=O) groups excluding carboxylic acids is 1. The van der Waals surface area contributed by atoms with Gasteiger partial charge in [-0.05, 0) is 81.8 Å². The van der Waals surface area contributed by atoms with E-state index >= 15 is 0 Å². The van der Waals surface area contributed by atoms with Crippen LogP contribution in [0.3, 0.4) is 0 Å². The molecule has 0 saturated carbocycles. The molecule has 1 aromatic rings. The number of nitrogens with two attached hydrogens (primary N) is 1. The number of likely N-dealkylation sites (tertiary alicyclic amines) is 2. The van der Waals surface area contributed by atoms with Gasteiger partial charge < -0.3 is 15.5 Å². The number of hydrogen-bond donors (Lipinski definition) is 1. The van der Waals surface area contributed by atoms with E-state index in [1.54, 1.807) is 0 Å². The Morgan fingerprint density at radius 1 is 1.04 bits per heavy atom. The topological polar surface area (TPSA) is 49.6 Å². The van der Waals surface area contributed by atoms with E-state index in [1.165, 1.54) is 45.3 Å². The van der Waals surface area contributed by atoms with Gasteiger partial charge in [0.25, 0.3) is 5.91 Å². The van der Waals surface area contributed by atoms with Crippen LogP contribution in [-0.2, 0) is 6.54 Å². The second-order valence-electron chi connectivity index (χ2n) is 7.33. The summed E-state index contributed by atoms with van der Waals surface area (Å²) in [6.45, 7) is 6.22. The highest BCUT2D eigenvalue weighted by Crippen LogP contribution is 2.23. The quantitative estimate of drug-likeness (QED) is 0.841. The van der Waals surface area contributed by atoms with Crippen molar-refractivity contribution in [2.75, 3.05) is 32.7 Å². The Balaban J connectivity index is 0.00000225. The van der Waals surface area contributed by atoms with Crippen molar-refractivity contribution >= 4 is 18.3 Å². The number of rotatable bonds is 6. The maximum Gasteiger partial charge on any atom is 0.253 e. The predicted octanol–water partition coefficient (Wildman–Crippen LogP) is 3.30. The molecule has 2 saturated heterocycles. The van der Waals surface area contributed by atoms with Crippen molar-refractivity contribution in [3.8, 4) is 0 Å². The Hall–Kier alpha value is -1.10. The number of amides is 1. The van der Waals surface area contributed by atoms with Crippen molar-refractivity contribution in [3.63, 3.8) is 0 Å².